The molecule has 0 atom stereocenters. The third-order valence-corrected chi connectivity index (χ3v) is 3.67. The zero-order valence-corrected chi connectivity index (χ0v) is 12.5. The number of rotatable bonds is 6. The Labute approximate surface area is 122 Å². The van der Waals surface area contributed by atoms with Crippen molar-refractivity contribution in [3.05, 3.63) is 70.8 Å². The minimum Gasteiger partial charge on any atom is -0.326 e. The van der Waals surface area contributed by atoms with Gasteiger partial charge in [-0.05, 0) is 30.2 Å². The molecule has 2 heteroatoms. The van der Waals surface area contributed by atoms with E-state index in [0.29, 0.717) is 6.54 Å². The Morgan fingerprint density at radius 3 is 2.35 bits per heavy atom. The summed E-state index contributed by atoms with van der Waals surface area (Å²) in [5.41, 5.74) is 11.1. The summed E-state index contributed by atoms with van der Waals surface area (Å²) < 4.78 is 0. The van der Waals surface area contributed by atoms with Gasteiger partial charge in [-0.1, -0.05) is 61.0 Å². The fourth-order valence-corrected chi connectivity index (χ4v) is 2.50. The SMILES string of the molecule is CCN(Cc1cccc(C)c1)Cc1ccccc1CN. The van der Waals surface area contributed by atoms with Crippen LogP contribution in [0, 0.1) is 6.92 Å². The number of nitrogens with two attached hydrogens (primary N) is 1. The summed E-state index contributed by atoms with van der Waals surface area (Å²) in [6.45, 7) is 7.93. The number of hydrogen-bond acceptors (Lipinski definition) is 2. The summed E-state index contributed by atoms with van der Waals surface area (Å²) in [6.07, 6.45) is 0. The van der Waals surface area contributed by atoms with Crippen LogP contribution in [0.25, 0.3) is 0 Å². The fourth-order valence-electron chi connectivity index (χ4n) is 2.50. The first-order valence-electron chi connectivity index (χ1n) is 7.27. The van der Waals surface area contributed by atoms with E-state index in [1.165, 1.54) is 22.3 Å². The van der Waals surface area contributed by atoms with Gasteiger partial charge in [0, 0.05) is 19.6 Å². The van der Waals surface area contributed by atoms with Crippen molar-refractivity contribution in [2.75, 3.05) is 6.54 Å². The lowest BCUT2D eigenvalue weighted by atomic mass is 10.1. The maximum absolute atomic E-state index is 5.82. The van der Waals surface area contributed by atoms with Crippen LogP contribution < -0.4 is 5.73 Å². The molecule has 0 aromatic heterocycles. The van der Waals surface area contributed by atoms with Gasteiger partial charge in [-0.2, -0.15) is 0 Å². The molecule has 2 N–H and O–H groups in total. The van der Waals surface area contributed by atoms with Gasteiger partial charge in [-0.3, -0.25) is 4.90 Å². The molecule has 0 radical (unpaired) electrons. The Kier molecular flexibility index (Phi) is 5.33. The zero-order valence-electron chi connectivity index (χ0n) is 12.5. The highest BCUT2D eigenvalue weighted by molar-refractivity contribution is 5.27. The van der Waals surface area contributed by atoms with E-state index < -0.39 is 0 Å². The highest BCUT2D eigenvalue weighted by atomic mass is 15.1. The number of hydrogen-bond donors (Lipinski definition) is 1. The number of nitrogens with zero attached hydrogens (tertiary/aromatic N) is 1. The molecule has 0 saturated heterocycles. The number of aryl methyl sites for hydroxylation is 1. The van der Waals surface area contributed by atoms with E-state index in [1.807, 2.05) is 0 Å². The standard InChI is InChI=1S/C18H24N2/c1-3-20(13-16-8-6-7-15(2)11-16)14-18-10-5-4-9-17(18)12-19/h4-11H,3,12-14,19H2,1-2H3. The van der Waals surface area contributed by atoms with Crippen molar-refractivity contribution in [1.82, 2.24) is 4.90 Å². The van der Waals surface area contributed by atoms with E-state index in [4.69, 9.17) is 5.73 Å². The smallest absolute Gasteiger partial charge is 0.0240 e. The highest BCUT2D eigenvalue weighted by Crippen LogP contribution is 2.14. The van der Waals surface area contributed by atoms with E-state index in [-0.39, 0.29) is 0 Å². The monoisotopic (exact) mass is 268 g/mol. The van der Waals surface area contributed by atoms with Crippen LogP contribution in [0.4, 0.5) is 0 Å². The summed E-state index contributed by atoms with van der Waals surface area (Å²) in [5.74, 6) is 0. The Morgan fingerprint density at radius 1 is 0.950 bits per heavy atom. The van der Waals surface area contributed by atoms with E-state index in [1.54, 1.807) is 0 Å². The second-order valence-electron chi connectivity index (χ2n) is 5.27. The molecule has 0 fully saturated rings. The van der Waals surface area contributed by atoms with Gasteiger partial charge in [-0.25, -0.2) is 0 Å². The van der Waals surface area contributed by atoms with Gasteiger partial charge in [0.15, 0.2) is 0 Å². The summed E-state index contributed by atoms with van der Waals surface area (Å²) in [4.78, 5) is 2.45. The Balaban J connectivity index is 2.09. The van der Waals surface area contributed by atoms with Crippen LogP contribution in [0.5, 0.6) is 0 Å². The van der Waals surface area contributed by atoms with Gasteiger partial charge in [0.25, 0.3) is 0 Å². The third kappa shape index (κ3) is 3.92. The average molecular weight is 268 g/mol. The number of benzene rings is 2. The van der Waals surface area contributed by atoms with Gasteiger partial charge in [0.2, 0.25) is 0 Å². The van der Waals surface area contributed by atoms with Crippen LogP contribution in [0.2, 0.25) is 0 Å². The topological polar surface area (TPSA) is 29.3 Å². The molecular weight excluding hydrogens is 244 g/mol. The highest BCUT2D eigenvalue weighted by Gasteiger charge is 2.07. The lowest BCUT2D eigenvalue weighted by Crippen LogP contribution is -2.23. The van der Waals surface area contributed by atoms with Gasteiger partial charge >= 0.3 is 0 Å². The molecule has 0 heterocycles. The van der Waals surface area contributed by atoms with Gasteiger partial charge < -0.3 is 5.73 Å². The molecule has 2 nitrogen and oxygen atoms in total. The molecule has 2 rings (SSSR count). The second-order valence-corrected chi connectivity index (χ2v) is 5.27. The predicted molar refractivity (Wildman–Crippen MR) is 85.3 cm³/mol. The zero-order chi connectivity index (χ0) is 14.4. The normalized spacial score (nSPS) is 11.0. The average Bonchev–Trinajstić information content (AvgIpc) is 2.47. The summed E-state index contributed by atoms with van der Waals surface area (Å²) in [6, 6.07) is 17.2. The Hall–Kier alpha value is -1.64. The van der Waals surface area contributed by atoms with Gasteiger partial charge in [0.1, 0.15) is 0 Å². The maximum atomic E-state index is 5.82. The second kappa shape index (κ2) is 7.22. The molecular formula is C18H24N2. The Morgan fingerprint density at radius 2 is 1.70 bits per heavy atom. The van der Waals surface area contributed by atoms with Crippen LogP contribution in [0.15, 0.2) is 48.5 Å². The Bertz CT molecular complexity index is 549. The predicted octanol–water partition coefficient (Wildman–Crippen LogP) is 3.48. The van der Waals surface area contributed by atoms with Crippen LogP contribution in [0.3, 0.4) is 0 Å². The van der Waals surface area contributed by atoms with Crippen molar-refractivity contribution in [3.63, 3.8) is 0 Å². The molecule has 0 aliphatic carbocycles. The first kappa shape index (κ1) is 14.8. The summed E-state index contributed by atoms with van der Waals surface area (Å²) >= 11 is 0. The lowest BCUT2D eigenvalue weighted by Gasteiger charge is -2.22. The fraction of sp³-hybridized carbons (Fsp3) is 0.333. The van der Waals surface area contributed by atoms with Crippen LogP contribution in [-0.2, 0) is 19.6 Å². The minimum absolute atomic E-state index is 0.609. The van der Waals surface area contributed by atoms with E-state index in [2.05, 4.69) is 67.3 Å². The van der Waals surface area contributed by atoms with Crippen molar-refractivity contribution >= 4 is 0 Å². The van der Waals surface area contributed by atoms with Crippen LogP contribution in [-0.4, -0.2) is 11.4 Å². The van der Waals surface area contributed by atoms with E-state index in [9.17, 15) is 0 Å². The largest absolute Gasteiger partial charge is 0.326 e. The lowest BCUT2D eigenvalue weighted by molar-refractivity contribution is 0.270. The molecule has 106 valence electrons. The third-order valence-electron chi connectivity index (χ3n) is 3.67. The van der Waals surface area contributed by atoms with Gasteiger partial charge in [0.05, 0.1) is 0 Å². The van der Waals surface area contributed by atoms with Crippen molar-refractivity contribution in [2.24, 2.45) is 5.73 Å². The molecule has 0 aliphatic heterocycles. The molecule has 0 unspecified atom stereocenters. The van der Waals surface area contributed by atoms with Crippen LogP contribution >= 0.6 is 0 Å². The molecule has 0 aliphatic rings. The molecule has 20 heavy (non-hydrogen) atoms. The van der Waals surface area contributed by atoms with Crippen molar-refractivity contribution < 1.29 is 0 Å². The molecule has 2 aromatic carbocycles. The van der Waals surface area contributed by atoms with E-state index in [0.717, 1.165) is 19.6 Å². The first-order valence-corrected chi connectivity index (χ1v) is 7.27. The molecule has 0 bridgehead atoms. The molecule has 0 saturated carbocycles. The summed E-state index contributed by atoms with van der Waals surface area (Å²) in [5, 5.41) is 0. The quantitative estimate of drug-likeness (QED) is 0.869. The maximum Gasteiger partial charge on any atom is 0.0240 e. The van der Waals surface area contributed by atoms with Crippen molar-refractivity contribution in [1.29, 1.82) is 0 Å². The van der Waals surface area contributed by atoms with Crippen molar-refractivity contribution in [3.8, 4) is 0 Å². The molecule has 2 aromatic rings. The first-order chi connectivity index (χ1) is 9.72. The van der Waals surface area contributed by atoms with E-state index >= 15 is 0 Å². The minimum atomic E-state index is 0.609. The summed E-state index contributed by atoms with van der Waals surface area (Å²) in [7, 11) is 0. The van der Waals surface area contributed by atoms with Gasteiger partial charge in [-0.15, -0.1) is 0 Å². The van der Waals surface area contributed by atoms with Crippen LogP contribution in [0.1, 0.15) is 29.2 Å². The van der Waals surface area contributed by atoms with Crippen molar-refractivity contribution in [2.45, 2.75) is 33.5 Å². The molecule has 0 spiro atoms. The molecule has 0 amide bonds.